The van der Waals surface area contributed by atoms with E-state index in [2.05, 4.69) is 27.3 Å². The molecular weight excluding hydrogens is 360 g/mol. The molecule has 0 spiro atoms. The number of carbonyl (C=O) groups excluding carboxylic acids is 1. The third-order valence-corrected chi connectivity index (χ3v) is 6.01. The van der Waals surface area contributed by atoms with Gasteiger partial charge in [-0.25, -0.2) is 4.98 Å². The van der Waals surface area contributed by atoms with Gasteiger partial charge in [0.2, 0.25) is 5.91 Å². The van der Waals surface area contributed by atoms with Crippen molar-refractivity contribution in [2.45, 2.75) is 50.6 Å². The van der Waals surface area contributed by atoms with Gasteiger partial charge in [0.05, 0.1) is 29.0 Å². The second-order valence-corrected chi connectivity index (χ2v) is 8.22. The van der Waals surface area contributed by atoms with E-state index in [0.717, 1.165) is 54.1 Å². The number of hydrogen-bond acceptors (Lipinski definition) is 4. The van der Waals surface area contributed by atoms with Gasteiger partial charge in [0.1, 0.15) is 0 Å². The third kappa shape index (κ3) is 4.15. The Morgan fingerprint density at radius 3 is 2.59 bits per heavy atom. The van der Waals surface area contributed by atoms with E-state index in [9.17, 15) is 4.79 Å². The summed E-state index contributed by atoms with van der Waals surface area (Å²) in [6.45, 7) is 1.56. The zero-order valence-electron chi connectivity index (χ0n) is 16.6. The summed E-state index contributed by atoms with van der Waals surface area (Å²) >= 11 is 0. The minimum Gasteiger partial charge on any atom is -0.325 e. The number of aromatic nitrogens is 2. The van der Waals surface area contributed by atoms with Crippen molar-refractivity contribution in [3.63, 3.8) is 0 Å². The van der Waals surface area contributed by atoms with Gasteiger partial charge in [0.25, 0.3) is 0 Å². The Morgan fingerprint density at radius 2 is 1.79 bits per heavy atom. The number of anilines is 1. The molecule has 5 nitrogen and oxygen atoms in total. The molecule has 1 aliphatic carbocycles. The first-order chi connectivity index (χ1) is 14.3. The molecule has 1 aromatic heterocycles. The van der Waals surface area contributed by atoms with Crippen LogP contribution in [0.25, 0.3) is 11.0 Å². The lowest BCUT2D eigenvalue weighted by Gasteiger charge is -2.34. The van der Waals surface area contributed by atoms with Crippen molar-refractivity contribution in [1.82, 2.24) is 14.9 Å². The van der Waals surface area contributed by atoms with Crippen molar-refractivity contribution in [1.29, 1.82) is 0 Å². The van der Waals surface area contributed by atoms with Crippen LogP contribution in [0.2, 0.25) is 0 Å². The van der Waals surface area contributed by atoms with Gasteiger partial charge >= 0.3 is 0 Å². The van der Waals surface area contributed by atoms with Gasteiger partial charge in [-0.3, -0.25) is 14.7 Å². The minimum absolute atomic E-state index is 0.0811. The van der Waals surface area contributed by atoms with Crippen LogP contribution >= 0.6 is 0 Å². The standard InChI is InChI=1S/C24H26N4O/c29-24(27-19-12-10-18(11-13-19)17-8-9-17)23-7-3-4-14-28(23)16-20-15-25-21-5-1-2-6-22(21)26-20/h1-2,5-6,10-13,15,17,23H,3-4,7-9,14,16H2,(H,27,29)/t23-/m1/s1. The number of hydrogen-bond donors (Lipinski definition) is 1. The zero-order valence-corrected chi connectivity index (χ0v) is 16.6. The molecule has 0 unspecified atom stereocenters. The quantitative estimate of drug-likeness (QED) is 0.701. The first-order valence-electron chi connectivity index (χ1n) is 10.6. The lowest BCUT2D eigenvalue weighted by Crippen LogP contribution is -2.46. The zero-order chi connectivity index (χ0) is 19.6. The number of nitrogens with one attached hydrogen (secondary N) is 1. The Bertz CT molecular complexity index is 1010. The Labute approximate surface area is 171 Å². The highest BCUT2D eigenvalue weighted by molar-refractivity contribution is 5.94. The number of likely N-dealkylation sites (tertiary alicyclic amines) is 1. The van der Waals surface area contributed by atoms with E-state index in [1.165, 1.54) is 18.4 Å². The average molecular weight is 386 g/mol. The molecule has 2 aromatic carbocycles. The molecule has 1 saturated carbocycles. The third-order valence-electron chi connectivity index (χ3n) is 6.01. The van der Waals surface area contributed by atoms with Crippen LogP contribution in [0.4, 0.5) is 5.69 Å². The maximum absolute atomic E-state index is 13.0. The number of amides is 1. The van der Waals surface area contributed by atoms with Gasteiger partial charge in [-0.05, 0) is 68.0 Å². The summed E-state index contributed by atoms with van der Waals surface area (Å²) in [6.07, 6.45) is 7.50. The predicted octanol–water partition coefficient (Wildman–Crippen LogP) is 4.50. The van der Waals surface area contributed by atoms with E-state index in [4.69, 9.17) is 4.98 Å². The highest BCUT2D eigenvalue weighted by Crippen LogP contribution is 2.40. The molecule has 2 heterocycles. The highest BCUT2D eigenvalue weighted by atomic mass is 16.2. The Morgan fingerprint density at radius 1 is 1.00 bits per heavy atom. The molecule has 1 amide bonds. The second-order valence-electron chi connectivity index (χ2n) is 8.22. The lowest BCUT2D eigenvalue weighted by molar-refractivity contribution is -0.122. The Kier molecular flexibility index (Phi) is 4.98. The SMILES string of the molecule is O=C(Nc1ccc(C2CC2)cc1)[C@H]1CCCCN1Cc1cnc2ccccc2n1. The maximum Gasteiger partial charge on any atom is 0.241 e. The van der Waals surface area contributed by atoms with E-state index in [1.54, 1.807) is 0 Å². The van der Waals surface area contributed by atoms with Crippen LogP contribution in [-0.2, 0) is 11.3 Å². The maximum atomic E-state index is 13.0. The molecule has 148 valence electrons. The number of piperidine rings is 1. The molecule has 2 fully saturated rings. The van der Waals surface area contributed by atoms with Crippen molar-refractivity contribution in [3.8, 4) is 0 Å². The molecule has 0 radical (unpaired) electrons. The van der Waals surface area contributed by atoms with Crippen molar-refractivity contribution >= 4 is 22.6 Å². The molecule has 1 N–H and O–H groups in total. The van der Waals surface area contributed by atoms with Crippen molar-refractivity contribution < 1.29 is 4.79 Å². The van der Waals surface area contributed by atoms with Crippen LogP contribution in [0, 0.1) is 0 Å². The number of para-hydroxylation sites is 2. The minimum atomic E-state index is -0.125. The average Bonchev–Trinajstić information content (AvgIpc) is 3.60. The largest absolute Gasteiger partial charge is 0.325 e. The van der Waals surface area contributed by atoms with Gasteiger partial charge in [-0.15, -0.1) is 0 Å². The summed E-state index contributed by atoms with van der Waals surface area (Å²) in [6, 6.07) is 16.1. The summed E-state index contributed by atoms with van der Waals surface area (Å²) in [5, 5.41) is 3.13. The fourth-order valence-electron chi connectivity index (χ4n) is 4.24. The van der Waals surface area contributed by atoms with Crippen LogP contribution < -0.4 is 5.32 Å². The lowest BCUT2D eigenvalue weighted by atomic mass is 10.0. The topological polar surface area (TPSA) is 58.1 Å². The molecule has 5 rings (SSSR count). The van der Waals surface area contributed by atoms with Crippen LogP contribution in [0.3, 0.4) is 0 Å². The number of nitrogens with zero attached hydrogens (tertiary/aromatic N) is 3. The predicted molar refractivity (Wildman–Crippen MR) is 115 cm³/mol. The molecule has 2 aliphatic rings. The first kappa shape index (κ1) is 18.3. The molecule has 0 bridgehead atoms. The van der Waals surface area contributed by atoms with E-state index >= 15 is 0 Å². The number of carbonyl (C=O) groups is 1. The fraction of sp³-hybridized carbons (Fsp3) is 0.375. The summed E-state index contributed by atoms with van der Waals surface area (Å²) in [5.74, 6) is 0.814. The summed E-state index contributed by atoms with van der Waals surface area (Å²) < 4.78 is 0. The van der Waals surface area contributed by atoms with Gasteiger partial charge in [0, 0.05) is 12.2 Å². The van der Waals surface area contributed by atoms with Crippen molar-refractivity contribution in [2.75, 3.05) is 11.9 Å². The highest BCUT2D eigenvalue weighted by Gasteiger charge is 2.29. The number of fused-ring (bicyclic) bond motifs is 1. The number of benzene rings is 2. The molecule has 3 aromatic rings. The van der Waals surface area contributed by atoms with E-state index in [0.29, 0.717) is 6.54 Å². The van der Waals surface area contributed by atoms with E-state index in [-0.39, 0.29) is 11.9 Å². The van der Waals surface area contributed by atoms with Gasteiger partial charge in [-0.1, -0.05) is 30.7 Å². The van der Waals surface area contributed by atoms with Crippen molar-refractivity contribution in [3.05, 3.63) is 66.0 Å². The number of rotatable bonds is 5. The smallest absolute Gasteiger partial charge is 0.241 e. The second kappa shape index (κ2) is 7.91. The molecule has 1 atom stereocenters. The van der Waals surface area contributed by atoms with Crippen LogP contribution in [0.15, 0.2) is 54.7 Å². The molecule has 5 heteroatoms. The molecule has 1 aliphatic heterocycles. The molecular formula is C24H26N4O. The summed E-state index contributed by atoms with van der Waals surface area (Å²) in [4.78, 5) is 24.5. The van der Waals surface area contributed by atoms with Gasteiger partial charge in [0.15, 0.2) is 0 Å². The summed E-state index contributed by atoms with van der Waals surface area (Å²) in [7, 11) is 0. The molecule has 1 saturated heterocycles. The normalized spacial score (nSPS) is 19.9. The van der Waals surface area contributed by atoms with Crippen molar-refractivity contribution in [2.24, 2.45) is 0 Å². The Balaban J connectivity index is 1.28. The van der Waals surface area contributed by atoms with E-state index < -0.39 is 0 Å². The first-order valence-corrected chi connectivity index (χ1v) is 10.6. The van der Waals surface area contributed by atoms with Crippen LogP contribution in [-0.4, -0.2) is 33.4 Å². The molecule has 29 heavy (non-hydrogen) atoms. The van der Waals surface area contributed by atoms with Crippen LogP contribution in [0.5, 0.6) is 0 Å². The van der Waals surface area contributed by atoms with Gasteiger partial charge < -0.3 is 5.32 Å². The van der Waals surface area contributed by atoms with E-state index in [1.807, 2.05) is 42.6 Å². The fourth-order valence-corrected chi connectivity index (χ4v) is 4.24. The Hall–Kier alpha value is -2.79. The van der Waals surface area contributed by atoms with Crippen LogP contribution in [0.1, 0.15) is 49.3 Å². The van der Waals surface area contributed by atoms with Gasteiger partial charge in [-0.2, -0.15) is 0 Å². The monoisotopic (exact) mass is 386 g/mol. The summed E-state index contributed by atoms with van der Waals surface area (Å²) in [5.41, 5.74) is 4.99.